The van der Waals surface area contributed by atoms with E-state index in [4.69, 9.17) is 9.47 Å². The van der Waals surface area contributed by atoms with E-state index in [0.717, 1.165) is 37.7 Å². The second-order valence-corrected chi connectivity index (χ2v) is 5.84. The molecule has 0 aliphatic carbocycles. The molecule has 118 valence electrons. The largest absolute Gasteiger partial charge is 0.490 e. The predicted molar refractivity (Wildman–Crippen MR) is 87.1 cm³/mol. The Hall–Kier alpha value is -1.22. The summed E-state index contributed by atoms with van der Waals surface area (Å²) < 4.78 is 11.4. The van der Waals surface area contributed by atoms with Gasteiger partial charge in [0.25, 0.3) is 0 Å². The zero-order chi connectivity index (χ0) is 14.9. The van der Waals surface area contributed by atoms with Crippen molar-refractivity contribution in [1.29, 1.82) is 0 Å². The Labute approximate surface area is 129 Å². The van der Waals surface area contributed by atoms with Gasteiger partial charge in [0.1, 0.15) is 0 Å². The van der Waals surface area contributed by atoms with Gasteiger partial charge in [-0.1, -0.05) is 39.2 Å². The van der Waals surface area contributed by atoms with Crippen molar-refractivity contribution in [2.24, 2.45) is 0 Å². The van der Waals surface area contributed by atoms with E-state index in [-0.39, 0.29) is 0 Å². The summed E-state index contributed by atoms with van der Waals surface area (Å²) in [5.41, 5.74) is 1.27. The number of hydrogen-bond donors (Lipinski definition) is 1. The number of rotatable bonds is 8. The van der Waals surface area contributed by atoms with Gasteiger partial charge in [-0.15, -0.1) is 0 Å². The number of nitrogens with one attached hydrogen (secondary N) is 1. The molecule has 0 fully saturated rings. The second-order valence-electron chi connectivity index (χ2n) is 5.84. The third-order valence-corrected chi connectivity index (χ3v) is 3.95. The van der Waals surface area contributed by atoms with E-state index in [2.05, 4.69) is 31.3 Å². The highest BCUT2D eigenvalue weighted by Crippen LogP contribution is 2.30. The quantitative estimate of drug-likeness (QED) is 0.774. The average molecular weight is 291 g/mol. The number of benzene rings is 1. The van der Waals surface area contributed by atoms with Crippen LogP contribution in [0.1, 0.15) is 57.9 Å². The molecular weight excluding hydrogens is 262 g/mol. The first-order valence-electron chi connectivity index (χ1n) is 8.45. The van der Waals surface area contributed by atoms with E-state index in [0.29, 0.717) is 6.04 Å². The highest BCUT2D eigenvalue weighted by molar-refractivity contribution is 5.43. The lowest BCUT2D eigenvalue weighted by Gasteiger charge is -2.18. The minimum absolute atomic E-state index is 0.630. The van der Waals surface area contributed by atoms with Crippen molar-refractivity contribution in [3.05, 3.63) is 23.8 Å². The SMILES string of the molecule is CCCCC(CCC)NCc1ccc2c(c1)OCCCO2. The highest BCUT2D eigenvalue weighted by Gasteiger charge is 2.11. The molecule has 1 heterocycles. The van der Waals surface area contributed by atoms with Crippen LogP contribution in [0, 0.1) is 0 Å². The molecule has 1 aromatic carbocycles. The molecule has 0 radical (unpaired) electrons. The Kier molecular flexibility index (Phi) is 6.87. The molecule has 0 aromatic heterocycles. The van der Waals surface area contributed by atoms with Crippen LogP contribution in [0.25, 0.3) is 0 Å². The first-order valence-corrected chi connectivity index (χ1v) is 8.45. The van der Waals surface area contributed by atoms with Crippen LogP contribution in [-0.2, 0) is 6.54 Å². The summed E-state index contributed by atoms with van der Waals surface area (Å²) in [4.78, 5) is 0. The highest BCUT2D eigenvalue weighted by atomic mass is 16.5. The Morgan fingerprint density at radius 2 is 1.86 bits per heavy atom. The number of ether oxygens (including phenoxy) is 2. The maximum Gasteiger partial charge on any atom is 0.161 e. The summed E-state index contributed by atoms with van der Waals surface area (Å²) in [6.45, 7) is 6.92. The van der Waals surface area contributed by atoms with Gasteiger partial charge in [-0.25, -0.2) is 0 Å². The van der Waals surface area contributed by atoms with Gasteiger partial charge >= 0.3 is 0 Å². The van der Waals surface area contributed by atoms with Gasteiger partial charge in [-0.2, -0.15) is 0 Å². The summed E-state index contributed by atoms with van der Waals surface area (Å²) >= 11 is 0. The van der Waals surface area contributed by atoms with E-state index in [1.165, 1.54) is 37.7 Å². The summed E-state index contributed by atoms with van der Waals surface area (Å²) in [6, 6.07) is 6.93. The van der Waals surface area contributed by atoms with Gasteiger partial charge in [0.15, 0.2) is 11.5 Å². The van der Waals surface area contributed by atoms with Crippen LogP contribution in [0.2, 0.25) is 0 Å². The molecule has 2 rings (SSSR count). The molecular formula is C18H29NO2. The minimum atomic E-state index is 0.630. The third kappa shape index (κ3) is 5.24. The fourth-order valence-corrected chi connectivity index (χ4v) is 2.73. The van der Waals surface area contributed by atoms with E-state index in [9.17, 15) is 0 Å². The molecule has 0 bridgehead atoms. The standard InChI is InChI=1S/C18H29NO2/c1-3-5-8-16(7-4-2)19-14-15-9-10-17-18(13-15)21-12-6-11-20-17/h9-10,13,16,19H,3-8,11-12,14H2,1-2H3. The average Bonchev–Trinajstić information content (AvgIpc) is 2.74. The molecule has 0 saturated carbocycles. The molecule has 1 aliphatic rings. The first kappa shape index (κ1) is 16.2. The second kappa shape index (κ2) is 8.93. The van der Waals surface area contributed by atoms with Crippen molar-refractivity contribution in [2.75, 3.05) is 13.2 Å². The lowest BCUT2D eigenvalue weighted by Crippen LogP contribution is -2.28. The van der Waals surface area contributed by atoms with E-state index >= 15 is 0 Å². The fraction of sp³-hybridized carbons (Fsp3) is 0.667. The van der Waals surface area contributed by atoms with Gasteiger partial charge in [-0.05, 0) is 30.5 Å². The van der Waals surface area contributed by atoms with Crippen molar-refractivity contribution in [3.8, 4) is 11.5 Å². The Balaban J connectivity index is 1.91. The number of unbranched alkanes of at least 4 members (excludes halogenated alkanes) is 1. The van der Waals surface area contributed by atoms with Gasteiger partial charge in [0, 0.05) is 19.0 Å². The maximum absolute atomic E-state index is 5.76. The van der Waals surface area contributed by atoms with Gasteiger partial charge < -0.3 is 14.8 Å². The lowest BCUT2D eigenvalue weighted by atomic mass is 10.0. The summed E-state index contributed by atoms with van der Waals surface area (Å²) in [6.07, 6.45) is 7.30. The number of hydrogen-bond acceptors (Lipinski definition) is 3. The van der Waals surface area contributed by atoms with Gasteiger partial charge in [-0.3, -0.25) is 0 Å². The minimum Gasteiger partial charge on any atom is -0.490 e. The molecule has 3 heteroatoms. The van der Waals surface area contributed by atoms with Gasteiger partial charge in [0.05, 0.1) is 13.2 Å². The molecule has 1 aliphatic heterocycles. The molecule has 1 atom stereocenters. The van der Waals surface area contributed by atoms with E-state index in [1.54, 1.807) is 0 Å². The van der Waals surface area contributed by atoms with Crippen molar-refractivity contribution in [3.63, 3.8) is 0 Å². The first-order chi connectivity index (χ1) is 10.3. The van der Waals surface area contributed by atoms with Gasteiger partial charge in [0.2, 0.25) is 0 Å². The van der Waals surface area contributed by atoms with Crippen LogP contribution in [-0.4, -0.2) is 19.3 Å². The molecule has 0 spiro atoms. The van der Waals surface area contributed by atoms with Crippen LogP contribution >= 0.6 is 0 Å². The van der Waals surface area contributed by atoms with Crippen molar-refractivity contribution in [1.82, 2.24) is 5.32 Å². The van der Waals surface area contributed by atoms with Crippen LogP contribution < -0.4 is 14.8 Å². The molecule has 1 aromatic rings. The fourth-order valence-electron chi connectivity index (χ4n) is 2.73. The van der Waals surface area contributed by atoms with Crippen molar-refractivity contribution >= 4 is 0 Å². The molecule has 0 amide bonds. The Bertz CT molecular complexity index is 420. The predicted octanol–water partition coefficient (Wildman–Crippen LogP) is 4.30. The molecule has 3 nitrogen and oxygen atoms in total. The summed E-state index contributed by atoms with van der Waals surface area (Å²) in [5, 5.41) is 3.70. The topological polar surface area (TPSA) is 30.5 Å². The normalized spacial score (nSPS) is 15.5. The lowest BCUT2D eigenvalue weighted by molar-refractivity contribution is 0.297. The van der Waals surface area contributed by atoms with E-state index < -0.39 is 0 Å². The Morgan fingerprint density at radius 3 is 2.62 bits per heavy atom. The molecule has 1 unspecified atom stereocenters. The maximum atomic E-state index is 5.76. The summed E-state index contributed by atoms with van der Waals surface area (Å²) in [5.74, 6) is 1.78. The van der Waals surface area contributed by atoms with Crippen LogP contribution in [0.5, 0.6) is 11.5 Å². The monoisotopic (exact) mass is 291 g/mol. The van der Waals surface area contributed by atoms with Crippen molar-refractivity contribution in [2.45, 2.75) is 65.0 Å². The molecule has 0 saturated heterocycles. The van der Waals surface area contributed by atoms with Crippen LogP contribution in [0.3, 0.4) is 0 Å². The zero-order valence-corrected chi connectivity index (χ0v) is 13.5. The molecule has 1 N–H and O–H groups in total. The third-order valence-electron chi connectivity index (χ3n) is 3.95. The van der Waals surface area contributed by atoms with E-state index in [1.807, 2.05) is 6.07 Å². The smallest absolute Gasteiger partial charge is 0.161 e. The number of fused-ring (bicyclic) bond motifs is 1. The van der Waals surface area contributed by atoms with Crippen LogP contribution in [0.15, 0.2) is 18.2 Å². The van der Waals surface area contributed by atoms with Crippen molar-refractivity contribution < 1.29 is 9.47 Å². The van der Waals surface area contributed by atoms with Crippen LogP contribution in [0.4, 0.5) is 0 Å². The summed E-state index contributed by atoms with van der Waals surface area (Å²) in [7, 11) is 0. The Morgan fingerprint density at radius 1 is 1.05 bits per heavy atom. The zero-order valence-electron chi connectivity index (χ0n) is 13.5. The molecule has 21 heavy (non-hydrogen) atoms.